The second-order valence-electron chi connectivity index (χ2n) is 9.23. The van der Waals surface area contributed by atoms with E-state index in [-0.39, 0.29) is 522 Å². The maximum atomic E-state index is 8.55. The van der Waals surface area contributed by atoms with Gasteiger partial charge in [0, 0.05) is 270 Å². The van der Waals surface area contributed by atoms with Crippen LogP contribution in [0.15, 0.2) is 0 Å². The van der Waals surface area contributed by atoms with E-state index in [1.807, 2.05) is 0 Å². The first-order valence-corrected chi connectivity index (χ1v) is 29.5. The van der Waals surface area contributed by atoms with Crippen molar-refractivity contribution in [1.29, 1.82) is 0 Å². The Labute approximate surface area is 926 Å². The molecular formula is C16H112MnMo12N16O78P8-68. The van der Waals surface area contributed by atoms with Crippen molar-refractivity contribution in [1.82, 2.24) is 0 Å². The zero-order valence-corrected chi connectivity index (χ0v) is 97.2. The van der Waals surface area contributed by atoms with Crippen LogP contribution in [0.5, 0.6) is 0 Å². The number of phosphoric acid groups is 8. The third kappa shape index (κ3) is 10900. The summed E-state index contributed by atoms with van der Waals surface area (Å²) < 4.78 is 68.4. The molecule has 94 nitrogen and oxygen atoms in total. The van der Waals surface area contributed by atoms with Crippen molar-refractivity contribution in [3.8, 4) is 0 Å². The minimum Gasteiger partial charge on any atom is -2.00 e. The van der Waals surface area contributed by atoms with E-state index in [4.69, 9.17) is 154 Å². The van der Waals surface area contributed by atoms with E-state index in [0.29, 0.717) is 0 Å². The SMILES string of the molecule is O.O.O.O.O.O.O.O.O.O.O.O.O.O.O.O.O=P([O-])([O-])[O-].O=P([O-])([O-])[O-].O=P([O-])([O-])[O-].O=P([O-])([O-])[O-].O=P([O-])([O-])[O-].O=P([O-])([O-])[O-].O=P([O-])([O-])[O-].O=P([O-])([O-])[O-].[Mn].[Mo].[Mo].[Mo].[Mo].[Mo].[Mo].[Mo].[Mo].[Mo].[Mo].[Mo].[Mo].[NH3+]CC[NH3+].[NH3+]CC[NH3+].[NH3+]CC[NH3+].[NH3+]CC[NH3+].[NH3+]CC[NH3+].[NH3+]CC[NH3+].[NH3+]CC[NH3+].[NH3+]CC[NH3+].[O-2].[O-2].[O-2].[O-2].[O-2].[O-2].[O-2].[O-2].[O-2].[O-2].[O-2].[O-2].[O-2].[O-2].[O-2].[O-2].[O-2].[O-2].[O-2].[O-2].[O-2].[O-2].[O-2].[O-2].[O-2].[O-2].[O-2].[O-2].[O-2].[O-2]. The summed E-state index contributed by atoms with van der Waals surface area (Å²) >= 11 is 0. The van der Waals surface area contributed by atoms with E-state index in [2.05, 4.69) is 91.7 Å². The fourth-order valence-corrected chi connectivity index (χ4v) is 0. The molecule has 0 rings (SSSR count). The first-order chi connectivity index (χ1) is 31.3. The van der Waals surface area contributed by atoms with Crippen LogP contribution in [0.2, 0.25) is 0 Å². The van der Waals surface area contributed by atoms with Crippen LogP contribution in [-0.4, -0.2) is 192 Å². The standard InChI is InChI=1S/8C2H8N2.Mn.12Mo.8H3O4P.16H2O.30O/c8*3-1-2-4;;;;;;;;;;;;;;8*1-5(2,3)4;;;;;;;;;;;;;;;;;;;;;;;;;;;;;;;;;;;;;;;;;;;;;;/h8*1-4H2;;;;;;;;;;;;;;8*(H3,1,2,3,4);16*1H2;;;;;;;;;;;;;;;;;;;;;;;;;;;;;;/q;;;;;;;;;;;;;;;;;;;;;;;;;;;;;;;;;;;;;;;;;;;;;30*-2/p-8. The van der Waals surface area contributed by atoms with Crippen molar-refractivity contribution < 1.29 is 767 Å². The Morgan fingerprint density at radius 3 is 0.115 bits per heavy atom. The largest absolute Gasteiger partial charge is 2.00 e. The third-order valence-corrected chi connectivity index (χ3v) is 2.00. The summed E-state index contributed by atoms with van der Waals surface area (Å²) in [5.74, 6) is 0. The van der Waals surface area contributed by atoms with Crippen LogP contribution in [0.25, 0.3) is 0 Å². The van der Waals surface area contributed by atoms with Crippen molar-refractivity contribution in [2.24, 2.45) is 0 Å². The van der Waals surface area contributed by atoms with Crippen molar-refractivity contribution in [3.63, 3.8) is 0 Å². The van der Waals surface area contributed by atoms with Gasteiger partial charge in [-0.05, 0) is 0 Å². The molecule has 131 heavy (non-hydrogen) atoms. The van der Waals surface area contributed by atoms with Gasteiger partial charge in [0.2, 0.25) is 0 Å². The summed E-state index contributed by atoms with van der Waals surface area (Å²) in [5.41, 5.74) is 56.7. The quantitative estimate of drug-likeness (QED) is 0.0793. The minimum atomic E-state index is -5.39. The normalized spacial score (nSPS) is 5.44. The maximum Gasteiger partial charge on any atom is 0.124 e. The van der Waals surface area contributed by atoms with Gasteiger partial charge in [-0.25, -0.2) is 0 Å². The Balaban J connectivity index is -0.00000000340. The van der Waals surface area contributed by atoms with Gasteiger partial charge in [-0.3, -0.25) is 0 Å². The zero-order chi connectivity index (χ0) is 63.3. The van der Waals surface area contributed by atoms with Gasteiger partial charge < -0.3 is 498 Å². The zero-order valence-electron chi connectivity index (χ0n) is 64.8. The molecule has 0 aromatic heterocycles. The monoisotopic (exact) mass is 3250 g/mol. The van der Waals surface area contributed by atoms with Crippen LogP contribution in [0.3, 0.4) is 0 Å². The van der Waals surface area contributed by atoms with Gasteiger partial charge in [-0.1, -0.05) is 0 Å². The molecule has 0 saturated carbocycles. The summed E-state index contributed by atoms with van der Waals surface area (Å²) in [7, 11) is -43.1. The molecule has 0 bridgehead atoms. The topological polar surface area (TPSA) is 2490 Å². The second-order valence-corrected chi connectivity index (χ2v) is 16.4. The maximum absolute atomic E-state index is 8.55. The molecule has 0 aromatic rings. The molecule has 0 aliphatic heterocycles. The van der Waals surface area contributed by atoms with Crippen LogP contribution in [0, 0.1) is 0 Å². The molecule has 0 fully saturated rings. The molecule has 0 aliphatic carbocycles. The van der Waals surface area contributed by atoms with Crippen LogP contribution < -0.4 is 209 Å². The number of hydrogen-bond acceptors (Lipinski definition) is 32. The molecule has 0 saturated heterocycles. The molecule has 0 heterocycles. The molecule has 0 aromatic carbocycles. The Morgan fingerprint density at radius 2 is 0.115 bits per heavy atom. The molecule has 0 atom stereocenters. The van der Waals surface area contributed by atoms with Gasteiger partial charge >= 0.3 is 0 Å². The number of rotatable bonds is 8. The molecule has 0 unspecified atom stereocenters. The summed E-state index contributed by atoms with van der Waals surface area (Å²) in [5, 5.41) is 0. The Morgan fingerprint density at radius 1 is 0.107 bits per heavy atom. The minimum absolute atomic E-state index is 0. The predicted octanol–water partition coefficient (Wildman–Crippen LogP) is -59.6. The first-order valence-electron chi connectivity index (χ1n) is 17.8. The van der Waals surface area contributed by atoms with Gasteiger partial charge in [-0.15, -0.1) is 0 Å². The molecule has 0 aliphatic rings. The fraction of sp³-hybridized carbons (Fsp3) is 1.00. The van der Waals surface area contributed by atoms with Crippen molar-refractivity contribution >= 4 is 62.6 Å². The van der Waals surface area contributed by atoms with Crippen LogP contribution in [0.1, 0.15) is 0 Å². The summed E-state index contributed by atoms with van der Waals surface area (Å²) in [4.78, 5) is 205. The fourth-order valence-electron chi connectivity index (χ4n) is 0. The van der Waals surface area contributed by atoms with Crippen molar-refractivity contribution in [3.05, 3.63) is 0 Å². The summed E-state index contributed by atoms with van der Waals surface area (Å²) in [6.45, 7) is 15.3. The van der Waals surface area contributed by atoms with Gasteiger partial charge in [0.25, 0.3) is 0 Å². The second kappa shape index (κ2) is 502. The molecule has 911 valence electrons. The molecule has 0 amide bonds. The average molecular weight is 3230 g/mol. The van der Waals surface area contributed by atoms with Crippen molar-refractivity contribution in [2.45, 2.75) is 0 Å². The van der Waals surface area contributed by atoms with E-state index >= 15 is 0 Å². The number of quaternary nitrogens is 16. The Bertz CT molecular complexity index is 1030. The average Bonchev–Trinajstić information content (AvgIpc) is 3.13. The Kier molecular flexibility index (Phi) is 2500. The van der Waals surface area contributed by atoms with Crippen LogP contribution >= 0.6 is 62.6 Å². The van der Waals surface area contributed by atoms with E-state index in [0.717, 1.165) is 105 Å². The first kappa shape index (κ1) is 651. The Hall–Kier alpha value is 7.18. The van der Waals surface area contributed by atoms with E-state index in [1.165, 1.54) is 0 Å². The smallest absolute Gasteiger partial charge is 0.124 e. The van der Waals surface area contributed by atoms with E-state index in [9.17, 15) is 0 Å². The van der Waals surface area contributed by atoms with Crippen LogP contribution in [-0.2, 0) is 471 Å². The molecule has 0 spiro atoms. The van der Waals surface area contributed by atoms with Crippen molar-refractivity contribution in [2.75, 3.05) is 105 Å². The molecular weight excluding hydrogens is 3120 g/mol. The predicted molar refractivity (Wildman–Crippen MR) is 263 cm³/mol. The van der Waals surface area contributed by atoms with E-state index < -0.39 is 62.6 Å². The molecule has 1 radical (unpaired) electrons. The van der Waals surface area contributed by atoms with Crippen LogP contribution in [0.4, 0.5) is 0 Å². The summed E-state index contributed by atoms with van der Waals surface area (Å²) in [6, 6.07) is 0. The summed E-state index contributed by atoms with van der Waals surface area (Å²) in [6.07, 6.45) is 0. The third-order valence-electron chi connectivity index (χ3n) is 2.00. The van der Waals surface area contributed by atoms with Gasteiger partial charge in [0.15, 0.2) is 0 Å². The van der Waals surface area contributed by atoms with Gasteiger partial charge in [0.1, 0.15) is 105 Å². The van der Waals surface area contributed by atoms with Gasteiger partial charge in [-0.2, -0.15) is 62.6 Å². The molecule has 115 heteroatoms. The van der Waals surface area contributed by atoms with Gasteiger partial charge in [0.05, 0.1) is 0 Å². The van der Waals surface area contributed by atoms with E-state index in [1.54, 1.807) is 0 Å². The molecule has 80 N–H and O–H groups in total. The number of hydrogen-bond donors (Lipinski definition) is 16.